The van der Waals surface area contributed by atoms with Crippen molar-refractivity contribution in [2.24, 2.45) is 18.9 Å². The minimum Gasteiger partial charge on any atom is -0.317 e. The van der Waals surface area contributed by atoms with Crippen molar-refractivity contribution in [3.63, 3.8) is 0 Å². The van der Waals surface area contributed by atoms with Crippen LogP contribution in [-0.2, 0) is 16.6 Å². The van der Waals surface area contributed by atoms with Crippen molar-refractivity contribution >= 4 is 17.5 Å². The number of amides is 2. The van der Waals surface area contributed by atoms with Gasteiger partial charge in [0.1, 0.15) is 5.69 Å². The van der Waals surface area contributed by atoms with E-state index < -0.39 is 11.8 Å². The molecule has 4 aliphatic rings. The average Bonchev–Trinajstić information content (AvgIpc) is 3.01. The molecule has 2 heterocycles. The van der Waals surface area contributed by atoms with Crippen LogP contribution in [0.4, 0.5) is 5.69 Å². The SMILES string of the molecule is Cn1cccc(N2C(=O)[C@@H]3C4c5ccccc5C(c5ccccc54)[C@@H]3C2=O)c1=O. The van der Waals surface area contributed by atoms with Gasteiger partial charge in [0.25, 0.3) is 5.56 Å². The number of pyridine rings is 1. The highest BCUT2D eigenvalue weighted by Crippen LogP contribution is 2.61. The Bertz CT molecular complexity index is 1160. The van der Waals surface area contributed by atoms with Gasteiger partial charge in [0, 0.05) is 25.1 Å². The number of imide groups is 1. The smallest absolute Gasteiger partial charge is 0.274 e. The van der Waals surface area contributed by atoms with Gasteiger partial charge in [-0.25, -0.2) is 4.90 Å². The molecule has 0 spiro atoms. The number of aromatic nitrogens is 1. The first-order valence-corrected chi connectivity index (χ1v) is 9.80. The maximum Gasteiger partial charge on any atom is 0.274 e. The number of aryl methyl sites for hydroxylation is 1. The molecule has 0 saturated carbocycles. The molecule has 29 heavy (non-hydrogen) atoms. The van der Waals surface area contributed by atoms with Crippen LogP contribution >= 0.6 is 0 Å². The lowest BCUT2D eigenvalue weighted by Crippen LogP contribution is -2.41. The predicted octanol–water partition coefficient (Wildman–Crippen LogP) is 2.78. The summed E-state index contributed by atoms with van der Waals surface area (Å²) in [5.74, 6) is -1.79. The van der Waals surface area contributed by atoms with Gasteiger partial charge in [0.05, 0.1) is 11.8 Å². The van der Waals surface area contributed by atoms with Crippen LogP contribution in [0.1, 0.15) is 34.1 Å². The first kappa shape index (κ1) is 16.5. The molecular formula is C24H18N2O3. The summed E-state index contributed by atoms with van der Waals surface area (Å²) in [6, 6.07) is 19.5. The fraction of sp³-hybridized carbons (Fsp3) is 0.208. The van der Waals surface area contributed by atoms with Crippen LogP contribution in [0, 0.1) is 11.8 Å². The monoisotopic (exact) mass is 382 g/mol. The normalized spacial score (nSPS) is 26.3. The molecule has 1 saturated heterocycles. The molecule has 7 rings (SSSR count). The molecule has 2 amide bonds. The zero-order chi connectivity index (χ0) is 19.9. The van der Waals surface area contributed by atoms with Crippen LogP contribution in [-0.4, -0.2) is 16.4 Å². The highest BCUT2D eigenvalue weighted by molar-refractivity contribution is 6.23. The van der Waals surface area contributed by atoms with E-state index in [9.17, 15) is 14.4 Å². The summed E-state index contributed by atoms with van der Waals surface area (Å²) in [6.45, 7) is 0. The lowest BCUT2D eigenvalue weighted by molar-refractivity contribution is -0.122. The number of carbonyl (C=O) groups is 2. The predicted molar refractivity (Wildman–Crippen MR) is 108 cm³/mol. The Morgan fingerprint density at radius 2 is 1.10 bits per heavy atom. The second kappa shape index (κ2) is 5.54. The molecule has 1 aromatic heterocycles. The first-order valence-electron chi connectivity index (χ1n) is 9.80. The van der Waals surface area contributed by atoms with E-state index in [2.05, 4.69) is 24.3 Å². The second-order valence-electron chi connectivity index (χ2n) is 8.09. The lowest BCUT2D eigenvalue weighted by Gasteiger charge is -2.45. The van der Waals surface area contributed by atoms with E-state index in [1.54, 1.807) is 25.4 Å². The molecule has 0 unspecified atom stereocenters. The van der Waals surface area contributed by atoms with Crippen LogP contribution in [0.3, 0.4) is 0 Å². The molecule has 1 fully saturated rings. The Kier molecular flexibility index (Phi) is 3.15. The van der Waals surface area contributed by atoms with Gasteiger partial charge in [-0.1, -0.05) is 48.5 Å². The van der Waals surface area contributed by atoms with Crippen molar-refractivity contribution < 1.29 is 9.59 Å². The second-order valence-corrected chi connectivity index (χ2v) is 8.09. The molecule has 2 aromatic carbocycles. The largest absolute Gasteiger partial charge is 0.317 e. The van der Waals surface area contributed by atoms with Crippen molar-refractivity contribution in [2.75, 3.05) is 4.90 Å². The zero-order valence-corrected chi connectivity index (χ0v) is 15.8. The fourth-order valence-corrected chi connectivity index (χ4v) is 5.67. The molecular weight excluding hydrogens is 364 g/mol. The van der Waals surface area contributed by atoms with Gasteiger partial charge in [-0.3, -0.25) is 14.4 Å². The average molecular weight is 382 g/mol. The van der Waals surface area contributed by atoms with Crippen LogP contribution < -0.4 is 10.5 Å². The fourth-order valence-electron chi connectivity index (χ4n) is 5.67. The minimum atomic E-state index is -0.470. The van der Waals surface area contributed by atoms with Gasteiger partial charge >= 0.3 is 0 Å². The third-order valence-corrected chi connectivity index (χ3v) is 6.79. The van der Waals surface area contributed by atoms with Gasteiger partial charge in [0.2, 0.25) is 11.8 Å². The van der Waals surface area contributed by atoms with E-state index in [-0.39, 0.29) is 34.9 Å². The Hall–Kier alpha value is -3.47. The van der Waals surface area contributed by atoms with E-state index in [4.69, 9.17) is 0 Å². The lowest BCUT2D eigenvalue weighted by atomic mass is 9.55. The number of hydrogen-bond donors (Lipinski definition) is 0. The van der Waals surface area contributed by atoms with Crippen LogP contribution in [0.25, 0.3) is 0 Å². The van der Waals surface area contributed by atoms with E-state index in [0.717, 1.165) is 27.2 Å². The Balaban J connectivity index is 1.60. The quantitative estimate of drug-likeness (QED) is 0.608. The summed E-state index contributed by atoms with van der Waals surface area (Å²) >= 11 is 0. The molecule has 3 aromatic rings. The van der Waals surface area contributed by atoms with Crippen LogP contribution in [0.2, 0.25) is 0 Å². The van der Waals surface area contributed by atoms with Crippen molar-refractivity contribution in [2.45, 2.75) is 11.8 Å². The van der Waals surface area contributed by atoms with Gasteiger partial charge in [0.15, 0.2) is 0 Å². The summed E-state index contributed by atoms with van der Waals surface area (Å²) in [4.78, 5) is 41.0. The topological polar surface area (TPSA) is 59.4 Å². The summed E-state index contributed by atoms with van der Waals surface area (Å²) in [6.07, 6.45) is 1.62. The van der Waals surface area contributed by atoms with Crippen LogP contribution in [0.15, 0.2) is 71.7 Å². The number of rotatable bonds is 1. The zero-order valence-electron chi connectivity index (χ0n) is 15.8. The Morgan fingerprint density at radius 3 is 1.55 bits per heavy atom. The molecule has 2 atom stereocenters. The Labute approximate surface area is 167 Å². The van der Waals surface area contributed by atoms with Crippen molar-refractivity contribution in [3.8, 4) is 0 Å². The van der Waals surface area contributed by atoms with Crippen LogP contribution in [0.5, 0.6) is 0 Å². The third kappa shape index (κ3) is 1.92. The maximum atomic E-state index is 13.6. The first-order chi connectivity index (χ1) is 14.1. The van der Waals surface area contributed by atoms with Gasteiger partial charge < -0.3 is 4.57 Å². The summed E-state index contributed by atoms with van der Waals surface area (Å²) in [7, 11) is 1.62. The number of carbonyl (C=O) groups excluding carboxylic acids is 2. The molecule has 1 aliphatic heterocycles. The molecule has 142 valence electrons. The van der Waals surface area contributed by atoms with Gasteiger partial charge in [-0.15, -0.1) is 0 Å². The van der Waals surface area contributed by atoms with E-state index in [0.29, 0.717) is 0 Å². The number of hydrogen-bond acceptors (Lipinski definition) is 3. The summed E-state index contributed by atoms with van der Waals surface area (Å²) in [5, 5.41) is 0. The molecule has 5 heteroatoms. The standard InChI is InChI=1S/C24H18N2O3/c1-25-12-6-11-17(22(25)27)26-23(28)20-18-13-7-2-3-8-14(13)19(21(20)24(26)29)16-10-5-4-9-15(16)18/h2-12,18-21H,1H3/t18?,19?,20-,21+. The van der Waals surface area contributed by atoms with Gasteiger partial charge in [-0.05, 0) is 34.4 Å². The third-order valence-electron chi connectivity index (χ3n) is 6.79. The molecule has 0 radical (unpaired) electrons. The van der Waals surface area contributed by atoms with E-state index in [1.807, 2.05) is 24.3 Å². The van der Waals surface area contributed by atoms with E-state index >= 15 is 0 Å². The highest BCUT2D eigenvalue weighted by Gasteiger charge is 2.62. The highest BCUT2D eigenvalue weighted by atomic mass is 16.2. The number of anilines is 1. The summed E-state index contributed by atoms with van der Waals surface area (Å²) < 4.78 is 1.40. The molecule has 2 bridgehead atoms. The van der Waals surface area contributed by atoms with Gasteiger partial charge in [-0.2, -0.15) is 0 Å². The van der Waals surface area contributed by atoms with Crippen molar-refractivity contribution in [3.05, 3.63) is 99.5 Å². The molecule has 0 N–H and O–H groups in total. The van der Waals surface area contributed by atoms with E-state index in [1.165, 1.54) is 4.57 Å². The van der Waals surface area contributed by atoms with Crippen molar-refractivity contribution in [1.29, 1.82) is 0 Å². The number of nitrogens with zero attached hydrogens (tertiary/aromatic N) is 2. The maximum absolute atomic E-state index is 13.6. The number of benzene rings is 2. The molecule has 5 nitrogen and oxygen atoms in total. The Morgan fingerprint density at radius 1 is 0.655 bits per heavy atom. The summed E-state index contributed by atoms with van der Waals surface area (Å²) in [5.41, 5.74) is 4.31. The molecule has 3 aliphatic carbocycles. The minimum absolute atomic E-state index is 0.145. The van der Waals surface area contributed by atoms with Crippen molar-refractivity contribution in [1.82, 2.24) is 4.57 Å².